The van der Waals surface area contributed by atoms with Crippen LogP contribution in [0.5, 0.6) is 5.75 Å². The van der Waals surface area contributed by atoms with Crippen LogP contribution in [0.15, 0.2) is 28.7 Å². The van der Waals surface area contributed by atoms with E-state index in [2.05, 4.69) is 26.1 Å². The lowest BCUT2D eigenvalue weighted by Gasteiger charge is -2.14. The second kappa shape index (κ2) is 11.0. The summed E-state index contributed by atoms with van der Waals surface area (Å²) in [5.41, 5.74) is 0. The molecule has 5 nitrogen and oxygen atoms in total. The summed E-state index contributed by atoms with van der Waals surface area (Å²) in [6.07, 6.45) is -0.536. The summed E-state index contributed by atoms with van der Waals surface area (Å²) in [6, 6.07) is 7.57. The first-order chi connectivity index (χ1) is 10.1. The number of ether oxygens (including phenoxy) is 2. The minimum absolute atomic E-state index is 0.269. The number of nitrogens with one attached hydrogen (secondary N) is 1. The Balaban J connectivity index is 2.00. The van der Waals surface area contributed by atoms with Crippen LogP contribution in [0.4, 0.5) is 0 Å². The Bertz CT molecular complexity index is 391. The van der Waals surface area contributed by atoms with Crippen LogP contribution in [0.3, 0.4) is 0 Å². The molecule has 0 aliphatic heterocycles. The van der Waals surface area contributed by atoms with E-state index in [1.54, 1.807) is 0 Å². The van der Waals surface area contributed by atoms with E-state index >= 15 is 0 Å². The zero-order chi connectivity index (χ0) is 15.5. The SMILES string of the molecule is CN(C)CCOCCNCC(O)COc1cccc(Br)c1. The van der Waals surface area contributed by atoms with Crippen molar-refractivity contribution in [3.8, 4) is 5.75 Å². The maximum absolute atomic E-state index is 9.81. The lowest BCUT2D eigenvalue weighted by molar-refractivity contribution is 0.0954. The third kappa shape index (κ3) is 9.82. The first-order valence-corrected chi connectivity index (χ1v) is 7.87. The van der Waals surface area contributed by atoms with Crippen LogP contribution in [0.2, 0.25) is 0 Å². The van der Waals surface area contributed by atoms with Crippen LogP contribution in [-0.2, 0) is 4.74 Å². The largest absolute Gasteiger partial charge is 0.491 e. The molecule has 1 aromatic carbocycles. The van der Waals surface area contributed by atoms with Crippen LogP contribution in [-0.4, -0.2) is 69.7 Å². The molecule has 0 aromatic heterocycles. The average Bonchev–Trinajstić information content (AvgIpc) is 2.44. The van der Waals surface area contributed by atoms with Gasteiger partial charge in [-0.15, -0.1) is 0 Å². The second-order valence-electron chi connectivity index (χ2n) is 5.04. The maximum Gasteiger partial charge on any atom is 0.120 e. The molecule has 0 radical (unpaired) electrons. The Kier molecular flexibility index (Phi) is 9.62. The smallest absolute Gasteiger partial charge is 0.120 e. The highest BCUT2D eigenvalue weighted by Gasteiger charge is 2.05. The van der Waals surface area contributed by atoms with E-state index in [1.165, 1.54) is 0 Å². The van der Waals surface area contributed by atoms with Crippen LogP contribution in [0, 0.1) is 0 Å². The lowest BCUT2D eigenvalue weighted by Crippen LogP contribution is -2.33. The molecule has 0 saturated heterocycles. The molecule has 0 spiro atoms. The molecule has 0 aliphatic carbocycles. The summed E-state index contributed by atoms with van der Waals surface area (Å²) in [7, 11) is 4.03. The monoisotopic (exact) mass is 360 g/mol. The Hall–Kier alpha value is -0.660. The van der Waals surface area contributed by atoms with Gasteiger partial charge in [-0.25, -0.2) is 0 Å². The second-order valence-corrected chi connectivity index (χ2v) is 5.96. The van der Waals surface area contributed by atoms with Gasteiger partial charge < -0.3 is 24.8 Å². The predicted molar refractivity (Wildman–Crippen MR) is 87.9 cm³/mol. The summed E-state index contributed by atoms with van der Waals surface area (Å²) >= 11 is 3.38. The van der Waals surface area contributed by atoms with Gasteiger partial charge in [0.15, 0.2) is 0 Å². The van der Waals surface area contributed by atoms with Crippen LogP contribution < -0.4 is 10.1 Å². The molecule has 21 heavy (non-hydrogen) atoms. The number of likely N-dealkylation sites (N-methyl/N-ethyl adjacent to an activating group) is 1. The van der Waals surface area contributed by atoms with Gasteiger partial charge in [0, 0.05) is 24.1 Å². The summed E-state index contributed by atoms with van der Waals surface area (Å²) in [5.74, 6) is 0.746. The first-order valence-electron chi connectivity index (χ1n) is 7.07. The maximum atomic E-state index is 9.81. The number of benzene rings is 1. The summed E-state index contributed by atoms with van der Waals surface area (Å²) in [6.45, 7) is 3.77. The lowest BCUT2D eigenvalue weighted by atomic mass is 10.3. The summed E-state index contributed by atoms with van der Waals surface area (Å²) in [4.78, 5) is 2.08. The highest BCUT2D eigenvalue weighted by atomic mass is 79.9. The third-order valence-corrected chi connectivity index (χ3v) is 3.22. The van der Waals surface area contributed by atoms with Crippen molar-refractivity contribution in [3.05, 3.63) is 28.7 Å². The summed E-state index contributed by atoms with van der Waals surface area (Å²) in [5, 5.41) is 13.0. The van der Waals surface area contributed by atoms with Gasteiger partial charge in [0.05, 0.1) is 13.2 Å². The van der Waals surface area contributed by atoms with Gasteiger partial charge in [-0.1, -0.05) is 22.0 Å². The highest BCUT2D eigenvalue weighted by molar-refractivity contribution is 9.10. The van der Waals surface area contributed by atoms with E-state index in [9.17, 15) is 5.11 Å². The van der Waals surface area contributed by atoms with E-state index in [1.807, 2.05) is 38.4 Å². The number of hydrogen-bond acceptors (Lipinski definition) is 5. The molecule has 0 heterocycles. The highest BCUT2D eigenvalue weighted by Crippen LogP contribution is 2.17. The normalized spacial score (nSPS) is 12.6. The average molecular weight is 361 g/mol. The van der Waals surface area contributed by atoms with E-state index < -0.39 is 6.10 Å². The van der Waals surface area contributed by atoms with Gasteiger partial charge in [-0.3, -0.25) is 0 Å². The molecule has 0 saturated carbocycles. The minimum Gasteiger partial charge on any atom is -0.491 e. The minimum atomic E-state index is -0.536. The van der Waals surface area contributed by atoms with Crippen LogP contribution in [0.1, 0.15) is 0 Å². The third-order valence-electron chi connectivity index (χ3n) is 2.72. The van der Waals surface area contributed by atoms with Gasteiger partial charge in [-0.2, -0.15) is 0 Å². The molecular formula is C15H25BrN2O3. The van der Waals surface area contributed by atoms with Gasteiger partial charge >= 0.3 is 0 Å². The fourth-order valence-corrected chi connectivity index (χ4v) is 1.95. The van der Waals surface area contributed by atoms with Crippen molar-refractivity contribution < 1.29 is 14.6 Å². The molecule has 1 rings (SSSR count). The fourth-order valence-electron chi connectivity index (χ4n) is 1.57. The van der Waals surface area contributed by atoms with E-state index in [0.29, 0.717) is 13.2 Å². The molecule has 6 heteroatoms. The molecular weight excluding hydrogens is 336 g/mol. The Morgan fingerprint density at radius 3 is 2.86 bits per heavy atom. The molecule has 0 fully saturated rings. The van der Waals surface area contributed by atoms with Gasteiger partial charge in [0.1, 0.15) is 18.5 Å². The standard InChI is InChI=1S/C15H25BrN2O3/c1-18(2)7-9-20-8-6-17-11-14(19)12-21-15-5-3-4-13(16)10-15/h3-5,10,14,17,19H,6-9,11-12H2,1-2H3. The van der Waals surface area contributed by atoms with E-state index in [0.717, 1.165) is 29.9 Å². The molecule has 0 bridgehead atoms. The number of rotatable bonds is 11. The van der Waals surface area contributed by atoms with E-state index in [-0.39, 0.29) is 6.61 Å². The zero-order valence-corrected chi connectivity index (χ0v) is 14.3. The number of hydrogen-bond donors (Lipinski definition) is 2. The Morgan fingerprint density at radius 2 is 2.14 bits per heavy atom. The number of nitrogens with zero attached hydrogens (tertiary/aromatic N) is 1. The van der Waals surface area contributed by atoms with Crippen molar-refractivity contribution >= 4 is 15.9 Å². The predicted octanol–water partition coefficient (Wildman–Crippen LogP) is 1.36. The van der Waals surface area contributed by atoms with Crippen molar-refractivity contribution in [2.75, 3.05) is 53.6 Å². The topological polar surface area (TPSA) is 54.0 Å². The molecule has 0 aliphatic rings. The van der Waals surface area contributed by atoms with Gasteiger partial charge in [0.25, 0.3) is 0 Å². The van der Waals surface area contributed by atoms with Gasteiger partial charge in [-0.05, 0) is 32.3 Å². The number of halogens is 1. The van der Waals surface area contributed by atoms with Gasteiger partial charge in [0.2, 0.25) is 0 Å². The number of aliphatic hydroxyl groups excluding tert-OH is 1. The van der Waals surface area contributed by atoms with Crippen molar-refractivity contribution in [1.82, 2.24) is 10.2 Å². The fraction of sp³-hybridized carbons (Fsp3) is 0.600. The van der Waals surface area contributed by atoms with Crippen molar-refractivity contribution in [2.45, 2.75) is 6.10 Å². The molecule has 0 amide bonds. The summed E-state index contributed by atoms with van der Waals surface area (Å²) < 4.78 is 11.9. The molecule has 1 atom stereocenters. The quantitative estimate of drug-likeness (QED) is 0.583. The molecule has 1 unspecified atom stereocenters. The van der Waals surface area contributed by atoms with Crippen molar-refractivity contribution in [1.29, 1.82) is 0 Å². The zero-order valence-electron chi connectivity index (χ0n) is 12.7. The molecule has 1 aromatic rings. The Labute approximate surface area is 135 Å². The molecule has 2 N–H and O–H groups in total. The van der Waals surface area contributed by atoms with Crippen LogP contribution in [0.25, 0.3) is 0 Å². The van der Waals surface area contributed by atoms with Crippen LogP contribution >= 0.6 is 15.9 Å². The first kappa shape index (κ1) is 18.4. The van der Waals surface area contributed by atoms with Crippen molar-refractivity contribution in [2.24, 2.45) is 0 Å². The Morgan fingerprint density at radius 1 is 1.33 bits per heavy atom. The van der Waals surface area contributed by atoms with E-state index in [4.69, 9.17) is 9.47 Å². The molecule has 120 valence electrons. The van der Waals surface area contributed by atoms with Crippen molar-refractivity contribution in [3.63, 3.8) is 0 Å². The number of aliphatic hydroxyl groups is 1.